The standard InChI is InChI=1S/C13H11NO6S/c1-21-5-9(13(19)20)14-10(15)7-3-2-6(12(17)18)4-8(7)11(14)16/h2-4,9H,5H2,1H3,(H,17,18)(H,19,20)/p-2/t9-/m1/s1. The third-order valence-electron chi connectivity index (χ3n) is 3.06. The summed E-state index contributed by atoms with van der Waals surface area (Å²) in [5.74, 6) is -4.67. The molecule has 0 aliphatic carbocycles. The van der Waals surface area contributed by atoms with E-state index in [2.05, 4.69) is 0 Å². The maximum atomic E-state index is 12.2. The first-order valence-electron chi connectivity index (χ1n) is 5.81. The Morgan fingerprint density at radius 1 is 1.19 bits per heavy atom. The average Bonchev–Trinajstić information content (AvgIpc) is 2.68. The Morgan fingerprint density at radius 2 is 1.81 bits per heavy atom. The summed E-state index contributed by atoms with van der Waals surface area (Å²) in [6, 6.07) is 1.91. The molecule has 2 amide bonds. The van der Waals surface area contributed by atoms with Crippen molar-refractivity contribution in [3.8, 4) is 0 Å². The van der Waals surface area contributed by atoms with Crippen molar-refractivity contribution in [2.75, 3.05) is 12.0 Å². The zero-order chi connectivity index (χ0) is 15.7. The van der Waals surface area contributed by atoms with E-state index in [0.717, 1.165) is 23.9 Å². The molecule has 1 heterocycles. The first-order valence-corrected chi connectivity index (χ1v) is 7.21. The zero-order valence-electron chi connectivity index (χ0n) is 10.8. The summed E-state index contributed by atoms with van der Waals surface area (Å²) in [6.07, 6.45) is 1.63. The minimum absolute atomic E-state index is 0.0128. The van der Waals surface area contributed by atoms with Crippen molar-refractivity contribution < 1.29 is 29.4 Å². The van der Waals surface area contributed by atoms with Crippen LogP contribution in [0.1, 0.15) is 31.1 Å². The largest absolute Gasteiger partial charge is 0.548 e. The molecular weight excluding hydrogens is 298 g/mol. The van der Waals surface area contributed by atoms with Crippen LogP contribution in [-0.4, -0.2) is 46.7 Å². The van der Waals surface area contributed by atoms with E-state index in [-0.39, 0.29) is 22.4 Å². The van der Waals surface area contributed by atoms with Crippen molar-refractivity contribution in [1.29, 1.82) is 0 Å². The number of hydrogen-bond donors (Lipinski definition) is 0. The zero-order valence-corrected chi connectivity index (χ0v) is 11.6. The molecule has 0 spiro atoms. The molecular formula is C13H9NO6S-2. The van der Waals surface area contributed by atoms with Gasteiger partial charge in [0.15, 0.2) is 0 Å². The number of aliphatic carboxylic acids is 1. The minimum atomic E-state index is -1.54. The third kappa shape index (κ3) is 2.49. The number of amides is 2. The van der Waals surface area contributed by atoms with E-state index in [1.54, 1.807) is 6.26 Å². The van der Waals surface area contributed by atoms with Gasteiger partial charge in [0.1, 0.15) is 0 Å². The van der Waals surface area contributed by atoms with Crippen molar-refractivity contribution in [2.45, 2.75) is 6.04 Å². The van der Waals surface area contributed by atoms with Gasteiger partial charge in [-0.1, -0.05) is 6.07 Å². The molecule has 110 valence electrons. The van der Waals surface area contributed by atoms with E-state index in [4.69, 9.17) is 0 Å². The molecule has 21 heavy (non-hydrogen) atoms. The third-order valence-corrected chi connectivity index (χ3v) is 3.71. The summed E-state index contributed by atoms with van der Waals surface area (Å²) < 4.78 is 0. The SMILES string of the molecule is CSC[C@H](C(=O)[O-])N1C(=O)c2ccc(C(=O)[O-])cc2C1=O. The number of carboxylic acids is 2. The van der Waals surface area contributed by atoms with E-state index in [0.29, 0.717) is 4.90 Å². The molecule has 0 N–H and O–H groups in total. The fourth-order valence-electron chi connectivity index (χ4n) is 2.08. The summed E-state index contributed by atoms with van der Waals surface area (Å²) in [6.45, 7) is 0. The van der Waals surface area contributed by atoms with Gasteiger partial charge in [0, 0.05) is 5.75 Å². The van der Waals surface area contributed by atoms with E-state index in [1.807, 2.05) is 0 Å². The summed E-state index contributed by atoms with van der Waals surface area (Å²) in [4.78, 5) is 46.8. The fourth-order valence-corrected chi connectivity index (χ4v) is 2.68. The molecule has 2 rings (SSSR count). The van der Waals surface area contributed by atoms with Gasteiger partial charge in [-0.05, 0) is 24.0 Å². The Morgan fingerprint density at radius 3 is 2.33 bits per heavy atom. The van der Waals surface area contributed by atoms with Gasteiger partial charge in [0.25, 0.3) is 11.8 Å². The lowest BCUT2D eigenvalue weighted by molar-refractivity contribution is -0.309. The number of carboxylic acid groups (broad SMARTS) is 2. The van der Waals surface area contributed by atoms with Gasteiger partial charge >= 0.3 is 0 Å². The van der Waals surface area contributed by atoms with Crippen LogP contribution in [-0.2, 0) is 4.79 Å². The Balaban J connectivity index is 2.46. The molecule has 0 saturated carbocycles. The lowest BCUT2D eigenvalue weighted by atomic mass is 10.1. The van der Waals surface area contributed by atoms with Crippen molar-refractivity contribution in [3.63, 3.8) is 0 Å². The molecule has 0 radical (unpaired) electrons. The van der Waals surface area contributed by atoms with Crippen LogP contribution in [0.2, 0.25) is 0 Å². The van der Waals surface area contributed by atoms with E-state index in [9.17, 15) is 29.4 Å². The highest BCUT2D eigenvalue weighted by Crippen LogP contribution is 2.26. The predicted molar refractivity (Wildman–Crippen MR) is 68.4 cm³/mol. The summed E-state index contributed by atoms with van der Waals surface area (Å²) in [5.41, 5.74) is -0.432. The summed E-state index contributed by atoms with van der Waals surface area (Å²) in [7, 11) is 0. The van der Waals surface area contributed by atoms with Crippen molar-refractivity contribution in [2.24, 2.45) is 0 Å². The van der Waals surface area contributed by atoms with Gasteiger partial charge in [-0.3, -0.25) is 14.5 Å². The molecule has 7 nitrogen and oxygen atoms in total. The lowest BCUT2D eigenvalue weighted by Gasteiger charge is -2.26. The number of hydrogen-bond acceptors (Lipinski definition) is 7. The van der Waals surface area contributed by atoms with Crippen LogP contribution < -0.4 is 10.2 Å². The van der Waals surface area contributed by atoms with Gasteiger partial charge in [-0.25, -0.2) is 0 Å². The highest BCUT2D eigenvalue weighted by molar-refractivity contribution is 7.98. The fraction of sp³-hybridized carbons (Fsp3) is 0.231. The number of thioether (sulfide) groups is 1. The first-order chi connectivity index (χ1) is 9.88. The molecule has 1 aromatic carbocycles. The smallest absolute Gasteiger partial charge is 0.262 e. The van der Waals surface area contributed by atoms with E-state index in [1.165, 1.54) is 6.07 Å². The predicted octanol–water partition coefficient (Wildman–Crippen LogP) is -1.87. The monoisotopic (exact) mass is 307 g/mol. The molecule has 0 aromatic heterocycles. The van der Waals surface area contributed by atoms with Crippen LogP contribution in [0.3, 0.4) is 0 Å². The van der Waals surface area contributed by atoms with Crippen LogP contribution in [0, 0.1) is 0 Å². The lowest BCUT2D eigenvalue weighted by Crippen LogP contribution is -2.52. The van der Waals surface area contributed by atoms with Gasteiger partial charge in [0.2, 0.25) is 0 Å². The second-order valence-corrected chi connectivity index (χ2v) is 5.23. The second-order valence-electron chi connectivity index (χ2n) is 4.32. The van der Waals surface area contributed by atoms with E-state index < -0.39 is 29.8 Å². The van der Waals surface area contributed by atoms with Gasteiger partial charge < -0.3 is 19.8 Å². The quantitative estimate of drug-likeness (QED) is 0.585. The van der Waals surface area contributed by atoms with Crippen molar-refractivity contribution in [3.05, 3.63) is 34.9 Å². The number of aromatic carboxylic acids is 1. The molecule has 1 atom stereocenters. The van der Waals surface area contributed by atoms with Crippen LogP contribution in [0.5, 0.6) is 0 Å². The number of nitrogens with zero attached hydrogens (tertiary/aromatic N) is 1. The Labute approximate surface area is 123 Å². The van der Waals surface area contributed by atoms with Gasteiger partial charge in [-0.2, -0.15) is 11.8 Å². The normalized spacial score (nSPS) is 15.0. The molecule has 1 aliphatic heterocycles. The number of carbonyl (C=O) groups excluding carboxylic acids is 4. The van der Waals surface area contributed by atoms with Crippen LogP contribution in [0.25, 0.3) is 0 Å². The minimum Gasteiger partial charge on any atom is -0.548 e. The number of benzene rings is 1. The Bertz CT molecular complexity index is 656. The molecule has 0 unspecified atom stereocenters. The summed E-state index contributed by atoms with van der Waals surface area (Å²) >= 11 is 1.14. The molecule has 0 saturated heterocycles. The number of carbonyl (C=O) groups is 4. The van der Waals surface area contributed by atoms with Crippen molar-refractivity contribution in [1.82, 2.24) is 4.90 Å². The second kappa shape index (κ2) is 5.57. The average molecular weight is 307 g/mol. The van der Waals surface area contributed by atoms with Crippen LogP contribution in [0.15, 0.2) is 18.2 Å². The maximum Gasteiger partial charge on any atom is 0.262 e. The number of imide groups is 1. The Hall–Kier alpha value is -2.35. The van der Waals surface area contributed by atoms with E-state index >= 15 is 0 Å². The van der Waals surface area contributed by atoms with Crippen LogP contribution in [0.4, 0.5) is 0 Å². The highest BCUT2D eigenvalue weighted by atomic mass is 32.2. The topological polar surface area (TPSA) is 118 Å². The highest BCUT2D eigenvalue weighted by Gasteiger charge is 2.40. The van der Waals surface area contributed by atoms with Gasteiger partial charge in [-0.15, -0.1) is 0 Å². The molecule has 8 heteroatoms. The molecule has 1 aromatic rings. The van der Waals surface area contributed by atoms with Crippen molar-refractivity contribution >= 4 is 35.5 Å². The maximum absolute atomic E-state index is 12.2. The molecule has 0 fully saturated rings. The molecule has 0 bridgehead atoms. The number of fused-ring (bicyclic) bond motifs is 1. The number of rotatable bonds is 5. The summed E-state index contributed by atoms with van der Waals surface area (Å²) in [5, 5.41) is 21.9. The van der Waals surface area contributed by atoms with Gasteiger partial charge in [0.05, 0.1) is 29.1 Å². The van der Waals surface area contributed by atoms with Crippen LogP contribution >= 0.6 is 11.8 Å². The first kappa shape index (κ1) is 15.0. The Kier molecular flexibility index (Phi) is 3.99. The molecule has 1 aliphatic rings.